The normalized spacial score (nSPS) is 11.2. The first-order chi connectivity index (χ1) is 39.4. The number of aromatic nitrogens is 5. The lowest BCUT2D eigenvalue weighted by atomic mass is 10.00. The van der Waals surface area contributed by atoms with Crippen LogP contribution in [-0.4, -0.2) is 36.0 Å². The Labute approximate surface area is 459 Å². The lowest BCUT2D eigenvalue weighted by Gasteiger charge is -2.18. The van der Waals surface area contributed by atoms with E-state index in [1.807, 2.05) is 188 Å². The molecule has 0 fully saturated rings. The molecule has 0 atom stereocenters. The molecule has 0 aliphatic heterocycles. The number of fused-ring (bicyclic) bond motifs is 6. The minimum absolute atomic E-state index is 0.136. The second-order valence-corrected chi connectivity index (χ2v) is 19.2. The van der Waals surface area contributed by atoms with Crippen LogP contribution < -0.4 is 0 Å². The van der Waals surface area contributed by atoms with Crippen LogP contribution in [0.2, 0.25) is 0 Å². The molecule has 0 bridgehead atoms. The van der Waals surface area contributed by atoms with Gasteiger partial charge in [-0.3, -0.25) is 0 Å². The number of esters is 2. The Morgan fingerprint density at radius 2 is 0.838 bits per heavy atom. The number of carbonyl (C=O) groups is 2. The third-order valence-corrected chi connectivity index (χ3v) is 14.3. The molecule has 11 nitrogen and oxygen atoms in total. The highest BCUT2D eigenvalue weighted by Gasteiger charge is 2.25. The van der Waals surface area contributed by atoms with Crippen LogP contribution in [0.4, 0.5) is 0 Å². The third-order valence-electron chi connectivity index (χ3n) is 14.3. The molecule has 3 aromatic heterocycles. The molecule has 11 heteroatoms. The average molecular weight is 1030 g/mol. The van der Waals surface area contributed by atoms with Crippen LogP contribution in [0.25, 0.3) is 100 Å². The molecule has 0 spiro atoms. The molecular formula is C69H43N7O4. The molecule has 0 amide bonds. The summed E-state index contributed by atoms with van der Waals surface area (Å²) in [6.45, 7) is 0.280. The fraction of sp³-hybridized carbons (Fsp3) is 0.0290. The first-order valence-corrected chi connectivity index (χ1v) is 25.9. The fourth-order valence-corrected chi connectivity index (χ4v) is 10.5. The molecule has 0 radical (unpaired) electrons. The van der Waals surface area contributed by atoms with Gasteiger partial charge in [-0.05, 0) is 113 Å². The summed E-state index contributed by atoms with van der Waals surface area (Å²) in [6, 6.07) is 79.8. The number of nitriles is 2. The van der Waals surface area contributed by atoms with E-state index >= 15 is 0 Å². The zero-order valence-electron chi connectivity index (χ0n) is 42.7. The Balaban J connectivity index is 1.01. The quantitative estimate of drug-likeness (QED) is 0.109. The molecule has 0 saturated carbocycles. The molecule has 10 aromatic carbocycles. The van der Waals surface area contributed by atoms with E-state index in [1.165, 1.54) is 0 Å². The second kappa shape index (κ2) is 20.7. The summed E-state index contributed by atoms with van der Waals surface area (Å²) in [5.41, 5.74) is 12.1. The number of ether oxygens (including phenoxy) is 2. The molecule has 0 aliphatic rings. The SMILES string of the molecule is N#Cc1ccc(-c2ccc(-n3c4ccccc4c4cc(C(=O)OCc5ccccc5)ccc43)c(-c3nc(-c4ccccc4)nc(-c4ccc(C#N)cc4-n4c5ccccc5c5cc(C(=O)OCc6ccccc6)ccc54)n3)c2)cc1. The van der Waals surface area contributed by atoms with Gasteiger partial charge in [-0.2, -0.15) is 10.5 Å². The summed E-state index contributed by atoms with van der Waals surface area (Å²) in [5.74, 6) is 0.243. The van der Waals surface area contributed by atoms with Crippen molar-refractivity contribution in [2.45, 2.75) is 13.2 Å². The standard InChI is InChI=1S/C69H43N7O4/c70-40-44-24-27-48(28-25-44)50-29-33-63(75-59-22-12-10-20-53(59)56-38-51(30-34-61(56)75)68(77)79-42-45-14-4-1-5-15-45)58(37-50)67-73-65(49-18-8-3-9-19-49)72-66(74-67)55-32-26-47(41-71)36-64(55)76-60-23-13-11-21-54(60)57-39-52(31-35-62(57)76)69(78)80-43-46-16-6-2-7-17-46/h1-39H,42-43H2. The highest BCUT2D eigenvalue weighted by atomic mass is 16.5. The fourth-order valence-electron chi connectivity index (χ4n) is 10.5. The molecule has 0 saturated heterocycles. The van der Waals surface area contributed by atoms with Gasteiger partial charge in [-0.25, -0.2) is 24.5 Å². The van der Waals surface area contributed by atoms with Crippen LogP contribution in [0.1, 0.15) is 43.0 Å². The van der Waals surface area contributed by atoms with E-state index in [-0.39, 0.29) is 13.2 Å². The third kappa shape index (κ3) is 9.03. The van der Waals surface area contributed by atoms with Crippen LogP contribution in [-0.2, 0) is 22.7 Å². The second-order valence-electron chi connectivity index (χ2n) is 19.2. The molecule has 0 unspecified atom stereocenters. The molecule has 0 aliphatic carbocycles. The van der Waals surface area contributed by atoms with Gasteiger partial charge in [0.15, 0.2) is 17.5 Å². The van der Waals surface area contributed by atoms with Crippen molar-refractivity contribution in [3.05, 3.63) is 270 Å². The maximum atomic E-state index is 13.7. The van der Waals surface area contributed by atoms with E-state index in [0.29, 0.717) is 56.5 Å². The molecule has 378 valence electrons. The summed E-state index contributed by atoms with van der Waals surface area (Å²) in [4.78, 5) is 43.3. The van der Waals surface area contributed by atoms with Crippen molar-refractivity contribution in [3.63, 3.8) is 0 Å². The Morgan fingerprint density at radius 3 is 1.40 bits per heavy atom. The van der Waals surface area contributed by atoms with Crippen LogP contribution >= 0.6 is 0 Å². The van der Waals surface area contributed by atoms with Crippen molar-refractivity contribution in [1.82, 2.24) is 24.1 Å². The minimum Gasteiger partial charge on any atom is -0.457 e. The number of carbonyl (C=O) groups excluding carboxylic acids is 2. The monoisotopic (exact) mass is 1030 g/mol. The summed E-state index contributed by atoms with van der Waals surface area (Å²) in [7, 11) is 0. The van der Waals surface area contributed by atoms with E-state index in [2.05, 4.69) is 39.5 Å². The van der Waals surface area contributed by atoms with Crippen LogP contribution in [0.3, 0.4) is 0 Å². The van der Waals surface area contributed by atoms with Gasteiger partial charge in [0.05, 0.1) is 67.8 Å². The van der Waals surface area contributed by atoms with Crippen molar-refractivity contribution in [2.75, 3.05) is 0 Å². The van der Waals surface area contributed by atoms with Crippen molar-refractivity contribution in [3.8, 4) is 68.8 Å². The van der Waals surface area contributed by atoms with Gasteiger partial charge >= 0.3 is 11.9 Å². The van der Waals surface area contributed by atoms with E-state index in [9.17, 15) is 20.1 Å². The Kier molecular flexibility index (Phi) is 12.5. The first kappa shape index (κ1) is 48.4. The van der Waals surface area contributed by atoms with Gasteiger partial charge in [0, 0.05) is 38.2 Å². The van der Waals surface area contributed by atoms with E-state index in [4.69, 9.17) is 24.4 Å². The van der Waals surface area contributed by atoms with Gasteiger partial charge in [-0.15, -0.1) is 0 Å². The number of benzene rings is 10. The van der Waals surface area contributed by atoms with Gasteiger partial charge < -0.3 is 18.6 Å². The average Bonchev–Trinajstić information content (AvgIpc) is 4.12. The maximum absolute atomic E-state index is 13.7. The van der Waals surface area contributed by atoms with Crippen LogP contribution in [0.15, 0.2) is 237 Å². The lowest BCUT2D eigenvalue weighted by molar-refractivity contribution is 0.0464. The van der Waals surface area contributed by atoms with Crippen molar-refractivity contribution in [2.24, 2.45) is 0 Å². The number of hydrogen-bond donors (Lipinski definition) is 0. The summed E-state index contributed by atoms with van der Waals surface area (Å²) < 4.78 is 15.9. The maximum Gasteiger partial charge on any atom is 0.338 e. The summed E-state index contributed by atoms with van der Waals surface area (Å²) in [6.07, 6.45) is 0. The van der Waals surface area contributed by atoms with E-state index in [1.54, 1.807) is 30.3 Å². The molecule has 0 N–H and O–H groups in total. The molecule has 13 aromatic rings. The Bertz CT molecular complexity index is 4650. The molecular weight excluding hydrogens is 991 g/mol. The van der Waals surface area contributed by atoms with Crippen molar-refractivity contribution < 1.29 is 19.1 Å². The lowest BCUT2D eigenvalue weighted by Crippen LogP contribution is -2.06. The first-order valence-electron chi connectivity index (χ1n) is 25.9. The van der Waals surface area contributed by atoms with Crippen molar-refractivity contribution >= 4 is 55.6 Å². The largest absolute Gasteiger partial charge is 0.457 e. The number of nitrogens with zero attached hydrogens (tertiary/aromatic N) is 7. The van der Waals surface area contributed by atoms with Gasteiger partial charge in [0.1, 0.15) is 13.2 Å². The Hall–Kier alpha value is -11.3. The topological polar surface area (TPSA) is 149 Å². The zero-order valence-corrected chi connectivity index (χ0v) is 42.7. The molecule has 3 heterocycles. The van der Waals surface area contributed by atoms with Crippen molar-refractivity contribution in [1.29, 1.82) is 10.5 Å². The van der Waals surface area contributed by atoms with E-state index in [0.717, 1.165) is 77.1 Å². The highest BCUT2D eigenvalue weighted by molar-refractivity contribution is 6.13. The van der Waals surface area contributed by atoms with Gasteiger partial charge in [0.2, 0.25) is 0 Å². The minimum atomic E-state index is -0.446. The number of para-hydroxylation sites is 2. The zero-order chi connectivity index (χ0) is 54.1. The van der Waals surface area contributed by atoms with Gasteiger partial charge in [0.25, 0.3) is 0 Å². The van der Waals surface area contributed by atoms with Crippen LogP contribution in [0, 0.1) is 22.7 Å². The molecule has 13 rings (SSSR count). The molecule has 80 heavy (non-hydrogen) atoms. The van der Waals surface area contributed by atoms with Crippen LogP contribution in [0.5, 0.6) is 0 Å². The number of rotatable bonds is 12. The highest BCUT2D eigenvalue weighted by Crippen LogP contribution is 2.41. The summed E-state index contributed by atoms with van der Waals surface area (Å²) in [5, 5.41) is 23.7. The predicted molar refractivity (Wildman–Crippen MR) is 311 cm³/mol. The number of hydrogen-bond acceptors (Lipinski definition) is 9. The smallest absolute Gasteiger partial charge is 0.338 e. The predicted octanol–water partition coefficient (Wildman–Crippen LogP) is 15.2. The van der Waals surface area contributed by atoms with E-state index < -0.39 is 11.9 Å². The summed E-state index contributed by atoms with van der Waals surface area (Å²) >= 11 is 0. The Morgan fingerprint density at radius 1 is 0.375 bits per heavy atom. The van der Waals surface area contributed by atoms with Gasteiger partial charge in [-0.1, -0.05) is 146 Å².